The maximum atomic E-state index is 12.4. The Kier molecular flexibility index (Phi) is 4.95. The van der Waals surface area contributed by atoms with Crippen LogP contribution >= 0.6 is 11.3 Å². The third kappa shape index (κ3) is 3.90. The van der Waals surface area contributed by atoms with Gasteiger partial charge in [-0.1, -0.05) is 6.07 Å². The van der Waals surface area contributed by atoms with Crippen LogP contribution in [0.2, 0.25) is 0 Å². The topological polar surface area (TPSA) is 78.5 Å². The number of hydrogen-bond donors (Lipinski definition) is 2. The van der Waals surface area contributed by atoms with Crippen LogP contribution in [0, 0.1) is 5.92 Å². The molecule has 2 fully saturated rings. The second-order valence-electron chi connectivity index (χ2n) is 5.99. The van der Waals surface area contributed by atoms with E-state index in [4.69, 9.17) is 0 Å². The number of carbonyl (C=O) groups excluding carboxylic acids is 3. The van der Waals surface area contributed by atoms with E-state index in [2.05, 4.69) is 10.6 Å². The molecular formula is C16H21N3O3S. The van der Waals surface area contributed by atoms with Crippen molar-refractivity contribution in [1.82, 2.24) is 15.5 Å². The van der Waals surface area contributed by atoms with Gasteiger partial charge in [0, 0.05) is 25.6 Å². The molecule has 1 aliphatic carbocycles. The number of carbonyl (C=O) groups is 3. The molecule has 3 rings (SSSR count). The number of rotatable bonds is 6. The second kappa shape index (κ2) is 7.12. The lowest BCUT2D eigenvalue weighted by Gasteiger charge is -2.23. The molecule has 1 saturated heterocycles. The summed E-state index contributed by atoms with van der Waals surface area (Å²) in [4.78, 5) is 38.6. The maximum absolute atomic E-state index is 12.4. The molecule has 2 aliphatic rings. The maximum Gasteiger partial charge on any atom is 0.264 e. The number of likely N-dealkylation sites (tertiary alicyclic amines) is 1. The van der Waals surface area contributed by atoms with Crippen molar-refractivity contribution < 1.29 is 14.4 Å². The van der Waals surface area contributed by atoms with Crippen LogP contribution in [-0.4, -0.2) is 48.3 Å². The largest absolute Gasteiger partial charge is 0.354 e. The van der Waals surface area contributed by atoms with Gasteiger partial charge in [-0.3, -0.25) is 14.4 Å². The molecule has 1 saturated carbocycles. The van der Waals surface area contributed by atoms with Crippen LogP contribution in [0.5, 0.6) is 0 Å². The zero-order valence-corrected chi connectivity index (χ0v) is 13.7. The van der Waals surface area contributed by atoms with Crippen LogP contribution in [0.15, 0.2) is 17.5 Å². The zero-order valence-electron chi connectivity index (χ0n) is 12.9. The highest BCUT2D eigenvalue weighted by molar-refractivity contribution is 7.12. The Morgan fingerprint density at radius 3 is 2.52 bits per heavy atom. The Morgan fingerprint density at radius 2 is 1.87 bits per heavy atom. The molecule has 6 nitrogen and oxygen atoms in total. The third-order valence-corrected chi connectivity index (χ3v) is 5.08. The van der Waals surface area contributed by atoms with E-state index in [9.17, 15) is 14.4 Å². The van der Waals surface area contributed by atoms with E-state index in [1.807, 2.05) is 11.4 Å². The monoisotopic (exact) mass is 335 g/mol. The first-order valence-electron chi connectivity index (χ1n) is 8.06. The molecule has 1 atom stereocenters. The molecule has 0 radical (unpaired) electrons. The van der Waals surface area contributed by atoms with Crippen LogP contribution in [0.4, 0.5) is 0 Å². The Hall–Kier alpha value is -1.89. The van der Waals surface area contributed by atoms with Crippen molar-refractivity contribution >= 4 is 29.1 Å². The van der Waals surface area contributed by atoms with Crippen molar-refractivity contribution in [1.29, 1.82) is 0 Å². The predicted molar refractivity (Wildman–Crippen MR) is 87.1 cm³/mol. The highest BCUT2D eigenvalue weighted by atomic mass is 32.1. The van der Waals surface area contributed by atoms with Gasteiger partial charge in [0.15, 0.2) is 0 Å². The van der Waals surface area contributed by atoms with Gasteiger partial charge >= 0.3 is 0 Å². The Balaban J connectivity index is 1.46. The van der Waals surface area contributed by atoms with Gasteiger partial charge in [0.05, 0.1) is 4.88 Å². The Labute approximate surface area is 139 Å². The summed E-state index contributed by atoms with van der Waals surface area (Å²) in [6.07, 6.45) is 3.48. The normalized spacial score (nSPS) is 20.3. The van der Waals surface area contributed by atoms with Crippen LogP contribution in [0.3, 0.4) is 0 Å². The van der Waals surface area contributed by atoms with E-state index < -0.39 is 6.04 Å². The fourth-order valence-corrected chi connectivity index (χ4v) is 3.48. The minimum Gasteiger partial charge on any atom is -0.354 e. The van der Waals surface area contributed by atoms with Gasteiger partial charge in [-0.2, -0.15) is 0 Å². The van der Waals surface area contributed by atoms with E-state index in [0.29, 0.717) is 30.9 Å². The molecule has 2 heterocycles. The standard InChI is InChI=1S/C16H21N3O3S/c20-14(11-5-6-11)17-7-8-18-15(21)12-3-1-9-19(12)16(22)13-4-2-10-23-13/h2,4,10-12H,1,3,5-9H2,(H,17,20)(H,18,21). The lowest BCUT2D eigenvalue weighted by molar-refractivity contribution is -0.125. The number of amides is 3. The summed E-state index contributed by atoms with van der Waals surface area (Å²) in [6, 6.07) is 3.22. The van der Waals surface area contributed by atoms with Crippen LogP contribution < -0.4 is 10.6 Å². The zero-order chi connectivity index (χ0) is 16.2. The molecule has 23 heavy (non-hydrogen) atoms. The van der Waals surface area contributed by atoms with Gasteiger partial charge in [0.1, 0.15) is 6.04 Å². The Morgan fingerprint density at radius 1 is 1.13 bits per heavy atom. The molecule has 7 heteroatoms. The Bertz CT molecular complexity index is 583. The summed E-state index contributed by atoms with van der Waals surface area (Å²) in [6.45, 7) is 1.45. The highest BCUT2D eigenvalue weighted by Gasteiger charge is 2.34. The highest BCUT2D eigenvalue weighted by Crippen LogP contribution is 2.28. The summed E-state index contributed by atoms with van der Waals surface area (Å²) in [5.41, 5.74) is 0. The minimum atomic E-state index is -0.399. The van der Waals surface area contributed by atoms with Crippen molar-refractivity contribution in [2.45, 2.75) is 31.7 Å². The van der Waals surface area contributed by atoms with E-state index in [1.54, 1.807) is 11.0 Å². The number of nitrogens with zero attached hydrogens (tertiary/aromatic N) is 1. The minimum absolute atomic E-state index is 0.0697. The third-order valence-electron chi connectivity index (χ3n) is 4.22. The first-order chi connectivity index (χ1) is 11.2. The van der Waals surface area contributed by atoms with E-state index >= 15 is 0 Å². The average molecular weight is 335 g/mol. The fraction of sp³-hybridized carbons (Fsp3) is 0.562. The summed E-state index contributed by atoms with van der Waals surface area (Å²) in [5.74, 6) is 0.0572. The van der Waals surface area contributed by atoms with Crippen LogP contribution in [0.25, 0.3) is 0 Å². The smallest absolute Gasteiger partial charge is 0.264 e. The molecule has 124 valence electrons. The van der Waals surface area contributed by atoms with Gasteiger partial charge < -0.3 is 15.5 Å². The second-order valence-corrected chi connectivity index (χ2v) is 6.94. The van der Waals surface area contributed by atoms with Crippen LogP contribution in [-0.2, 0) is 9.59 Å². The molecule has 1 aromatic heterocycles. The lowest BCUT2D eigenvalue weighted by Crippen LogP contribution is -2.47. The van der Waals surface area contributed by atoms with Gasteiger partial charge in [-0.15, -0.1) is 11.3 Å². The quantitative estimate of drug-likeness (QED) is 0.761. The molecule has 1 aromatic rings. The van der Waals surface area contributed by atoms with E-state index in [1.165, 1.54) is 11.3 Å². The lowest BCUT2D eigenvalue weighted by atomic mass is 10.2. The van der Waals surface area contributed by atoms with Gasteiger partial charge in [-0.05, 0) is 37.1 Å². The van der Waals surface area contributed by atoms with E-state index in [0.717, 1.165) is 19.3 Å². The number of thiophene rings is 1. The summed E-state index contributed by atoms with van der Waals surface area (Å²) < 4.78 is 0. The molecule has 0 bridgehead atoms. The molecule has 3 amide bonds. The first kappa shape index (κ1) is 16.0. The molecule has 1 unspecified atom stereocenters. The van der Waals surface area contributed by atoms with Crippen molar-refractivity contribution in [3.05, 3.63) is 22.4 Å². The summed E-state index contributed by atoms with van der Waals surface area (Å²) in [5, 5.41) is 7.50. The molecule has 1 aliphatic heterocycles. The van der Waals surface area contributed by atoms with E-state index in [-0.39, 0.29) is 23.6 Å². The van der Waals surface area contributed by atoms with Crippen LogP contribution in [0.1, 0.15) is 35.4 Å². The molecule has 0 spiro atoms. The average Bonchev–Trinajstić information content (AvgIpc) is 3.06. The number of nitrogens with one attached hydrogen (secondary N) is 2. The summed E-state index contributed by atoms with van der Waals surface area (Å²) >= 11 is 1.39. The molecule has 0 aromatic carbocycles. The van der Waals surface area contributed by atoms with Crippen molar-refractivity contribution in [2.75, 3.05) is 19.6 Å². The SMILES string of the molecule is O=C(NCCNC(=O)C1CCCN1C(=O)c1cccs1)C1CC1. The van der Waals surface area contributed by atoms with Crippen molar-refractivity contribution in [2.24, 2.45) is 5.92 Å². The van der Waals surface area contributed by atoms with Crippen molar-refractivity contribution in [3.8, 4) is 0 Å². The van der Waals surface area contributed by atoms with Gasteiger partial charge in [0.25, 0.3) is 5.91 Å². The van der Waals surface area contributed by atoms with Crippen molar-refractivity contribution in [3.63, 3.8) is 0 Å². The first-order valence-corrected chi connectivity index (χ1v) is 8.94. The fourth-order valence-electron chi connectivity index (χ4n) is 2.80. The molecule has 2 N–H and O–H groups in total. The molecular weight excluding hydrogens is 314 g/mol. The van der Waals surface area contributed by atoms with Gasteiger partial charge in [-0.25, -0.2) is 0 Å². The summed E-state index contributed by atoms with van der Waals surface area (Å²) in [7, 11) is 0. The predicted octanol–water partition coefficient (Wildman–Crippen LogP) is 0.995. The number of hydrogen-bond acceptors (Lipinski definition) is 4. The van der Waals surface area contributed by atoms with Gasteiger partial charge in [0.2, 0.25) is 11.8 Å².